The monoisotopic (exact) mass is 145 g/mol. The molecule has 3 nitrogen and oxygen atoms in total. The van der Waals surface area contributed by atoms with Gasteiger partial charge in [0.15, 0.2) is 0 Å². The zero-order valence-corrected chi connectivity index (χ0v) is 6.59. The quantitative estimate of drug-likeness (QED) is 0.586. The molecule has 60 valence electrons. The zero-order valence-electron chi connectivity index (χ0n) is 6.59. The van der Waals surface area contributed by atoms with Gasteiger partial charge < -0.3 is 9.57 Å². The van der Waals surface area contributed by atoms with Gasteiger partial charge in [-0.3, -0.25) is 0 Å². The Bertz CT molecular complexity index is 91.6. The van der Waals surface area contributed by atoms with Crippen LogP contribution in [0.4, 0.5) is 0 Å². The van der Waals surface area contributed by atoms with E-state index in [1.54, 1.807) is 0 Å². The highest BCUT2D eigenvalue weighted by molar-refractivity contribution is 4.67. The fourth-order valence-electron chi connectivity index (χ4n) is 0.636. The molecule has 1 saturated heterocycles. The summed E-state index contributed by atoms with van der Waals surface area (Å²) in [5.74, 6) is 0.591. The number of rotatable bonds is 4. The minimum absolute atomic E-state index is 0.429. The molecule has 3 heteroatoms. The molecule has 10 heavy (non-hydrogen) atoms. The first-order chi connectivity index (χ1) is 4.79. The third-order valence-corrected chi connectivity index (χ3v) is 1.30. The summed E-state index contributed by atoms with van der Waals surface area (Å²) in [5, 5.41) is 0. The van der Waals surface area contributed by atoms with E-state index in [4.69, 9.17) is 9.57 Å². The molecule has 1 aliphatic rings. The van der Waals surface area contributed by atoms with Crippen LogP contribution in [0.3, 0.4) is 0 Å². The normalized spacial score (nSPS) is 19.5. The van der Waals surface area contributed by atoms with Crippen LogP contribution in [0.1, 0.15) is 13.8 Å². The minimum Gasteiger partial charge on any atom is -0.378 e. The average molecular weight is 145 g/mol. The van der Waals surface area contributed by atoms with Crippen molar-refractivity contribution in [2.24, 2.45) is 5.92 Å². The van der Waals surface area contributed by atoms with Gasteiger partial charge in [-0.05, 0) is 5.92 Å². The highest BCUT2D eigenvalue weighted by Crippen LogP contribution is 1.99. The van der Waals surface area contributed by atoms with E-state index < -0.39 is 0 Å². The van der Waals surface area contributed by atoms with Gasteiger partial charge in [-0.15, -0.1) is 0 Å². The minimum atomic E-state index is 0.429. The number of hydroxylamine groups is 1. The molecule has 0 aromatic heterocycles. The van der Waals surface area contributed by atoms with Crippen molar-refractivity contribution in [2.45, 2.75) is 19.9 Å². The first kappa shape index (κ1) is 7.98. The van der Waals surface area contributed by atoms with E-state index in [1.165, 1.54) is 0 Å². The molecule has 0 saturated carbocycles. The lowest BCUT2D eigenvalue weighted by Crippen LogP contribution is -2.46. The third kappa shape index (κ3) is 2.64. The van der Waals surface area contributed by atoms with E-state index in [1.807, 2.05) is 0 Å². The highest BCUT2D eigenvalue weighted by atomic mass is 16.7. The molecule has 0 unspecified atom stereocenters. The second-order valence-corrected chi connectivity index (χ2v) is 3.06. The SMILES string of the molecule is CC(C)CONC1COC1. The van der Waals surface area contributed by atoms with Gasteiger partial charge in [-0.25, -0.2) is 0 Å². The molecular weight excluding hydrogens is 130 g/mol. The third-order valence-electron chi connectivity index (χ3n) is 1.30. The Morgan fingerprint density at radius 3 is 2.70 bits per heavy atom. The van der Waals surface area contributed by atoms with Crippen molar-refractivity contribution < 1.29 is 9.57 Å². The standard InChI is InChI=1S/C7H15NO2/c1-6(2)3-10-8-7-4-9-5-7/h6-8H,3-5H2,1-2H3. The van der Waals surface area contributed by atoms with Gasteiger partial charge in [0.05, 0.1) is 25.9 Å². The molecule has 1 fully saturated rings. The van der Waals surface area contributed by atoms with Crippen molar-refractivity contribution in [2.75, 3.05) is 19.8 Å². The summed E-state index contributed by atoms with van der Waals surface area (Å²) < 4.78 is 4.95. The lowest BCUT2D eigenvalue weighted by Gasteiger charge is -2.26. The van der Waals surface area contributed by atoms with Crippen molar-refractivity contribution in [3.8, 4) is 0 Å². The second-order valence-electron chi connectivity index (χ2n) is 3.06. The van der Waals surface area contributed by atoms with Gasteiger partial charge in [0.1, 0.15) is 0 Å². The van der Waals surface area contributed by atoms with Crippen LogP contribution in [0.15, 0.2) is 0 Å². The van der Waals surface area contributed by atoms with E-state index in [0.717, 1.165) is 19.8 Å². The summed E-state index contributed by atoms with van der Waals surface area (Å²) >= 11 is 0. The topological polar surface area (TPSA) is 30.5 Å². The first-order valence-corrected chi connectivity index (χ1v) is 3.74. The largest absolute Gasteiger partial charge is 0.378 e. The maximum absolute atomic E-state index is 5.17. The van der Waals surface area contributed by atoms with Crippen molar-refractivity contribution in [1.82, 2.24) is 5.48 Å². The maximum Gasteiger partial charge on any atom is 0.0789 e. The molecule has 0 atom stereocenters. The van der Waals surface area contributed by atoms with Crippen LogP contribution in [-0.2, 0) is 9.57 Å². The van der Waals surface area contributed by atoms with Gasteiger partial charge in [0.2, 0.25) is 0 Å². The lowest BCUT2D eigenvalue weighted by atomic mass is 10.2. The van der Waals surface area contributed by atoms with Gasteiger partial charge in [-0.1, -0.05) is 13.8 Å². The van der Waals surface area contributed by atoms with Crippen LogP contribution in [0.5, 0.6) is 0 Å². The molecule has 1 rings (SSSR count). The number of nitrogens with one attached hydrogen (secondary N) is 1. The fourth-order valence-corrected chi connectivity index (χ4v) is 0.636. The summed E-state index contributed by atoms with van der Waals surface area (Å²) in [6.45, 7) is 6.60. The van der Waals surface area contributed by atoms with E-state index in [0.29, 0.717) is 12.0 Å². The molecule has 0 radical (unpaired) electrons. The van der Waals surface area contributed by atoms with Gasteiger partial charge in [0.25, 0.3) is 0 Å². The summed E-state index contributed by atoms with van der Waals surface area (Å²) in [7, 11) is 0. The van der Waals surface area contributed by atoms with Crippen molar-refractivity contribution >= 4 is 0 Å². The van der Waals surface area contributed by atoms with E-state index >= 15 is 0 Å². The van der Waals surface area contributed by atoms with Crippen molar-refractivity contribution in [1.29, 1.82) is 0 Å². The van der Waals surface area contributed by atoms with Crippen LogP contribution < -0.4 is 5.48 Å². The van der Waals surface area contributed by atoms with Gasteiger partial charge in [-0.2, -0.15) is 5.48 Å². The summed E-state index contributed by atoms with van der Waals surface area (Å²) in [6.07, 6.45) is 0. The maximum atomic E-state index is 5.17. The molecule has 1 heterocycles. The van der Waals surface area contributed by atoms with Crippen LogP contribution in [0, 0.1) is 5.92 Å². The average Bonchev–Trinajstić information content (AvgIpc) is 1.75. The van der Waals surface area contributed by atoms with Crippen LogP contribution in [0.25, 0.3) is 0 Å². The highest BCUT2D eigenvalue weighted by Gasteiger charge is 2.17. The van der Waals surface area contributed by atoms with E-state index in [9.17, 15) is 0 Å². The molecule has 0 spiro atoms. The molecule has 1 N–H and O–H groups in total. The number of hydrogen-bond acceptors (Lipinski definition) is 3. The van der Waals surface area contributed by atoms with Crippen LogP contribution in [0.2, 0.25) is 0 Å². The second kappa shape index (κ2) is 3.91. The Morgan fingerprint density at radius 1 is 1.60 bits per heavy atom. The Labute approximate surface area is 61.7 Å². The fraction of sp³-hybridized carbons (Fsp3) is 1.00. The zero-order chi connectivity index (χ0) is 7.40. The predicted octanol–water partition coefficient (Wildman–Crippen LogP) is 0.562. The van der Waals surface area contributed by atoms with E-state index in [-0.39, 0.29) is 0 Å². The van der Waals surface area contributed by atoms with E-state index in [2.05, 4.69) is 19.3 Å². The predicted molar refractivity (Wildman–Crippen MR) is 38.5 cm³/mol. The van der Waals surface area contributed by atoms with Crippen LogP contribution >= 0.6 is 0 Å². The Morgan fingerprint density at radius 2 is 2.30 bits per heavy atom. The molecule has 1 aliphatic heterocycles. The number of hydrogen-bond donors (Lipinski definition) is 1. The summed E-state index contributed by atoms with van der Waals surface area (Å²) in [4.78, 5) is 5.17. The Hall–Kier alpha value is -0.120. The molecule has 0 bridgehead atoms. The summed E-state index contributed by atoms with van der Waals surface area (Å²) in [6, 6.07) is 0.429. The molecule has 0 amide bonds. The first-order valence-electron chi connectivity index (χ1n) is 3.74. The van der Waals surface area contributed by atoms with Crippen LogP contribution in [-0.4, -0.2) is 25.9 Å². The molecule has 0 aromatic carbocycles. The summed E-state index contributed by atoms with van der Waals surface area (Å²) in [5.41, 5.74) is 2.93. The number of ether oxygens (including phenoxy) is 1. The van der Waals surface area contributed by atoms with Gasteiger partial charge >= 0.3 is 0 Å². The Balaban J connectivity index is 1.85. The molecule has 0 aromatic rings. The lowest BCUT2D eigenvalue weighted by molar-refractivity contribution is -0.0937. The smallest absolute Gasteiger partial charge is 0.0789 e. The molecular formula is C7H15NO2. The van der Waals surface area contributed by atoms with Crippen molar-refractivity contribution in [3.05, 3.63) is 0 Å². The Kier molecular flexibility index (Phi) is 3.12. The van der Waals surface area contributed by atoms with Gasteiger partial charge in [0, 0.05) is 0 Å². The molecule has 0 aliphatic carbocycles. The van der Waals surface area contributed by atoms with Crippen molar-refractivity contribution in [3.63, 3.8) is 0 Å².